The highest BCUT2D eigenvalue weighted by Crippen LogP contribution is 1.81. The van der Waals surface area contributed by atoms with Gasteiger partial charge in [-0.15, -0.1) is 0 Å². The molecule has 0 aliphatic carbocycles. The summed E-state index contributed by atoms with van der Waals surface area (Å²) >= 11 is 0. The molecule has 1 amide bonds. The first-order valence-corrected chi connectivity index (χ1v) is 3.06. The summed E-state index contributed by atoms with van der Waals surface area (Å²) in [6, 6.07) is 0. The molecule has 0 aromatic carbocycles. The van der Waals surface area contributed by atoms with E-state index < -0.39 is 5.97 Å². The van der Waals surface area contributed by atoms with Crippen LogP contribution in [0.1, 0.15) is 13.3 Å². The molecule has 0 bridgehead atoms. The monoisotopic (exact) mass is 155 g/mol. The van der Waals surface area contributed by atoms with Crippen LogP contribution in [0.5, 0.6) is 0 Å². The van der Waals surface area contributed by atoms with Crippen molar-refractivity contribution in [2.24, 2.45) is 0 Å². The molecule has 0 aromatic rings. The number of amides is 1. The van der Waals surface area contributed by atoms with E-state index in [9.17, 15) is 9.59 Å². The van der Waals surface area contributed by atoms with Crippen molar-refractivity contribution in [2.75, 3.05) is 6.54 Å². The highest BCUT2D eigenvalue weighted by Gasteiger charge is 2.00. The van der Waals surface area contributed by atoms with Gasteiger partial charge in [-0.2, -0.15) is 0 Å². The number of terminal acetylenes is 1. The molecule has 0 saturated carbocycles. The van der Waals surface area contributed by atoms with Crippen LogP contribution in [0.15, 0.2) is 0 Å². The fraction of sp³-hybridized carbons (Fsp3) is 0.429. The van der Waals surface area contributed by atoms with E-state index in [1.54, 1.807) is 6.11 Å². The zero-order valence-electron chi connectivity index (χ0n) is 6.22. The summed E-state index contributed by atoms with van der Waals surface area (Å²) < 4.78 is 4.16. The van der Waals surface area contributed by atoms with Crippen LogP contribution in [0.4, 0.5) is 0 Å². The Balaban J connectivity index is 3.33. The number of hydrogen-bond donors (Lipinski definition) is 1. The van der Waals surface area contributed by atoms with Crippen molar-refractivity contribution in [3.8, 4) is 12.5 Å². The molecule has 0 aliphatic rings. The van der Waals surface area contributed by atoms with Gasteiger partial charge >= 0.3 is 5.97 Å². The molecule has 0 aromatic heterocycles. The van der Waals surface area contributed by atoms with E-state index in [0.29, 0.717) is 0 Å². The van der Waals surface area contributed by atoms with Gasteiger partial charge in [0.2, 0.25) is 5.91 Å². The minimum Gasteiger partial charge on any atom is -0.372 e. The molecule has 60 valence electrons. The van der Waals surface area contributed by atoms with Crippen molar-refractivity contribution in [3.05, 3.63) is 0 Å². The Kier molecular flexibility index (Phi) is 4.58. The summed E-state index contributed by atoms with van der Waals surface area (Å²) in [5.74, 6) is -0.695. The Morgan fingerprint density at radius 3 is 2.73 bits per heavy atom. The first-order chi connectivity index (χ1) is 5.16. The van der Waals surface area contributed by atoms with E-state index in [1.807, 2.05) is 0 Å². The minimum atomic E-state index is -0.513. The third-order valence-corrected chi connectivity index (χ3v) is 0.876. The Hall–Kier alpha value is -1.50. The van der Waals surface area contributed by atoms with Crippen LogP contribution in [-0.2, 0) is 14.3 Å². The van der Waals surface area contributed by atoms with Crippen LogP contribution in [0, 0.1) is 12.5 Å². The van der Waals surface area contributed by atoms with Crippen LogP contribution >= 0.6 is 0 Å². The molecular formula is C7H9NO3. The second-order valence-corrected chi connectivity index (χ2v) is 1.82. The first kappa shape index (κ1) is 9.50. The molecule has 1 N–H and O–H groups in total. The third kappa shape index (κ3) is 6.38. The number of rotatable bonds is 3. The van der Waals surface area contributed by atoms with Gasteiger partial charge < -0.3 is 10.1 Å². The SMILES string of the molecule is C#COC(=O)CCNC(C)=O. The van der Waals surface area contributed by atoms with Crippen molar-refractivity contribution in [1.82, 2.24) is 5.32 Å². The number of carbonyl (C=O) groups excluding carboxylic acids is 2. The molecule has 4 nitrogen and oxygen atoms in total. The zero-order chi connectivity index (χ0) is 8.69. The molecule has 4 heteroatoms. The fourth-order valence-electron chi connectivity index (χ4n) is 0.457. The van der Waals surface area contributed by atoms with Gasteiger partial charge in [-0.3, -0.25) is 9.59 Å². The van der Waals surface area contributed by atoms with Crippen molar-refractivity contribution >= 4 is 11.9 Å². The normalized spacial score (nSPS) is 8.00. The van der Waals surface area contributed by atoms with E-state index in [0.717, 1.165) is 0 Å². The summed E-state index contributed by atoms with van der Waals surface area (Å²) in [4.78, 5) is 20.8. The molecule has 0 unspecified atom stereocenters. The standard InChI is InChI=1S/C7H9NO3/c1-3-11-7(10)4-5-8-6(2)9/h1H,4-5H2,2H3,(H,8,9). The Bertz CT molecular complexity index is 192. The van der Waals surface area contributed by atoms with Crippen molar-refractivity contribution < 1.29 is 14.3 Å². The number of nitrogens with one attached hydrogen (secondary N) is 1. The van der Waals surface area contributed by atoms with Crippen molar-refractivity contribution in [1.29, 1.82) is 0 Å². The maximum atomic E-state index is 10.5. The third-order valence-electron chi connectivity index (χ3n) is 0.876. The number of carbonyl (C=O) groups is 2. The van der Waals surface area contributed by atoms with Gasteiger partial charge in [0.25, 0.3) is 0 Å². The lowest BCUT2D eigenvalue weighted by Crippen LogP contribution is -2.23. The summed E-state index contributed by atoms with van der Waals surface area (Å²) in [5, 5.41) is 2.43. The molecule has 0 heterocycles. The van der Waals surface area contributed by atoms with E-state index in [4.69, 9.17) is 0 Å². The summed E-state index contributed by atoms with van der Waals surface area (Å²) in [7, 11) is 0. The maximum absolute atomic E-state index is 10.5. The summed E-state index contributed by atoms with van der Waals surface area (Å²) in [5.41, 5.74) is 0. The number of esters is 1. The predicted molar refractivity (Wildman–Crippen MR) is 38.2 cm³/mol. The van der Waals surface area contributed by atoms with E-state index >= 15 is 0 Å². The van der Waals surface area contributed by atoms with Crippen LogP contribution in [0.25, 0.3) is 0 Å². The van der Waals surface area contributed by atoms with Crippen molar-refractivity contribution in [2.45, 2.75) is 13.3 Å². The predicted octanol–water partition coefficient (Wildman–Crippen LogP) is -0.353. The first-order valence-electron chi connectivity index (χ1n) is 3.06. The molecule has 0 aliphatic heterocycles. The fourth-order valence-corrected chi connectivity index (χ4v) is 0.457. The average Bonchev–Trinajstić information content (AvgIpc) is 1.87. The van der Waals surface area contributed by atoms with Gasteiger partial charge in [-0.1, -0.05) is 6.42 Å². The molecule has 0 fully saturated rings. The van der Waals surface area contributed by atoms with Crippen LogP contribution in [0.2, 0.25) is 0 Å². The van der Waals surface area contributed by atoms with Gasteiger partial charge in [-0.05, 0) is 0 Å². The van der Waals surface area contributed by atoms with Gasteiger partial charge in [0.05, 0.1) is 6.42 Å². The Morgan fingerprint density at radius 1 is 1.64 bits per heavy atom. The zero-order valence-corrected chi connectivity index (χ0v) is 6.22. The van der Waals surface area contributed by atoms with Crippen LogP contribution in [-0.4, -0.2) is 18.4 Å². The smallest absolute Gasteiger partial charge is 0.321 e. The van der Waals surface area contributed by atoms with Gasteiger partial charge in [0, 0.05) is 13.5 Å². The summed E-state index contributed by atoms with van der Waals surface area (Å²) in [6.07, 6.45) is 6.52. The lowest BCUT2D eigenvalue weighted by atomic mass is 10.4. The molecular weight excluding hydrogens is 146 g/mol. The molecule has 0 spiro atoms. The quantitative estimate of drug-likeness (QED) is 0.447. The van der Waals surface area contributed by atoms with Gasteiger partial charge in [0.1, 0.15) is 6.11 Å². The molecule has 0 saturated heterocycles. The largest absolute Gasteiger partial charge is 0.372 e. The number of hydrogen-bond acceptors (Lipinski definition) is 3. The molecule has 0 atom stereocenters. The average molecular weight is 155 g/mol. The Labute approximate surface area is 64.9 Å². The van der Waals surface area contributed by atoms with Crippen LogP contribution < -0.4 is 5.32 Å². The van der Waals surface area contributed by atoms with Crippen molar-refractivity contribution in [3.63, 3.8) is 0 Å². The molecule has 11 heavy (non-hydrogen) atoms. The van der Waals surface area contributed by atoms with Crippen LogP contribution in [0.3, 0.4) is 0 Å². The lowest BCUT2D eigenvalue weighted by molar-refractivity contribution is -0.136. The lowest BCUT2D eigenvalue weighted by Gasteiger charge is -1.97. The highest BCUT2D eigenvalue weighted by atomic mass is 16.5. The van der Waals surface area contributed by atoms with E-state index in [2.05, 4.69) is 16.5 Å². The van der Waals surface area contributed by atoms with E-state index in [1.165, 1.54) is 6.92 Å². The topological polar surface area (TPSA) is 55.4 Å². The Morgan fingerprint density at radius 2 is 2.27 bits per heavy atom. The highest BCUT2D eigenvalue weighted by molar-refractivity contribution is 5.74. The summed E-state index contributed by atoms with van der Waals surface area (Å²) in [6.45, 7) is 1.63. The maximum Gasteiger partial charge on any atom is 0.321 e. The van der Waals surface area contributed by atoms with Gasteiger partial charge in [0.15, 0.2) is 0 Å². The minimum absolute atomic E-state index is 0.101. The van der Waals surface area contributed by atoms with E-state index in [-0.39, 0.29) is 18.9 Å². The second kappa shape index (κ2) is 5.30. The molecule has 0 rings (SSSR count). The second-order valence-electron chi connectivity index (χ2n) is 1.82. The van der Waals surface area contributed by atoms with Gasteiger partial charge in [-0.25, -0.2) is 0 Å². The number of ether oxygens (including phenoxy) is 1. The molecule has 0 radical (unpaired) electrons.